The van der Waals surface area contributed by atoms with Crippen LogP contribution in [0.2, 0.25) is 0 Å². The molecular weight excluding hydrogens is 204 g/mol. The third-order valence-electron chi connectivity index (χ3n) is 2.95. The number of hydrogen-bond acceptors (Lipinski definition) is 3. The van der Waals surface area contributed by atoms with Crippen molar-refractivity contribution in [3.63, 3.8) is 0 Å². The Balaban J connectivity index is 2.21. The Morgan fingerprint density at radius 1 is 1.31 bits per heavy atom. The van der Waals surface area contributed by atoms with E-state index in [2.05, 4.69) is 26.1 Å². The fourth-order valence-electron chi connectivity index (χ4n) is 2.29. The number of hydrogen-bond donors (Lipinski definition) is 2. The van der Waals surface area contributed by atoms with Gasteiger partial charge in [0, 0.05) is 11.6 Å². The molecule has 0 heterocycles. The van der Waals surface area contributed by atoms with Crippen LogP contribution in [0.3, 0.4) is 0 Å². The summed E-state index contributed by atoms with van der Waals surface area (Å²) in [4.78, 5) is 10.5. The lowest BCUT2D eigenvalue weighted by Gasteiger charge is -2.34. The Morgan fingerprint density at radius 2 is 1.88 bits per heavy atom. The predicted molar refractivity (Wildman–Crippen MR) is 64.2 cm³/mol. The van der Waals surface area contributed by atoms with Gasteiger partial charge in [0.05, 0.1) is 6.61 Å². The van der Waals surface area contributed by atoms with Crippen LogP contribution >= 0.6 is 0 Å². The summed E-state index contributed by atoms with van der Waals surface area (Å²) in [5, 5.41) is 3.61. The zero-order valence-electron chi connectivity index (χ0n) is 10.6. The smallest absolute Gasteiger partial charge is 0.404 e. The summed E-state index contributed by atoms with van der Waals surface area (Å²) in [5.74, 6) is 0.491. The normalized spacial score (nSPS) is 26.4. The summed E-state index contributed by atoms with van der Waals surface area (Å²) >= 11 is 0. The monoisotopic (exact) mass is 228 g/mol. The van der Waals surface area contributed by atoms with Gasteiger partial charge >= 0.3 is 6.09 Å². The SMILES string of the molecule is CC(C)(C)NC1CCC(COC(N)=O)CC1. The minimum atomic E-state index is -0.657. The van der Waals surface area contributed by atoms with E-state index < -0.39 is 6.09 Å². The third-order valence-corrected chi connectivity index (χ3v) is 2.95. The second-order valence-corrected chi connectivity index (χ2v) is 5.74. The molecule has 3 N–H and O–H groups in total. The predicted octanol–water partition coefficient (Wildman–Crippen LogP) is 2.03. The van der Waals surface area contributed by atoms with Crippen LogP contribution < -0.4 is 11.1 Å². The van der Waals surface area contributed by atoms with E-state index in [0.29, 0.717) is 18.6 Å². The van der Waals surface area contributed by atoms with Gasteiger partial charge in [-0.1, -0.05) is 0 Å². The number of rotatable bonds is 3. The minimum Gasteiger partial charge on any atom is -0.449 e. The van der Waals surface area contributed by atoms with Gasteiger partial charge in [-0.25, -0.2) is 4.79 Å². The topological polar surface area (TPSA) is 64.3 Å². The molecule has 1 aliphatic rings. The van der Waals surface area contributed by atoms with E-state index in [9.17, 15) is 4.79 Å². The molecule has 4 heteroatoms. The van der Waals surface area contributed by atoms with Crippen LogP contribution in [0.1, 0.15) is 46.5 Å². The van der Waals surface area contributed by atoms with E-state index in [-0.39, 0.29) is 5.54 Å². The molecule has 0 radical (unpaired) electrons. The molecule has 94 valence electrons. The maximum Gasteiger partial charge on any atom is 0.404 e. The Morgan fingerprint density at radius 3 is 2.31 bits per heavy atom. The lowest BCUT2D eigenvalue weighted by molar-refractivity contribution is 0.117. The zero-order chi connectivity index (χ0) is 12.2. The highest BCUT2D eigenvalue weighted by molar-refractivity contribution is 5.64. The van der Waals surface area contributed by atoms with Crippen LogP contribution in [0.5, 0.6) is 0 Å². The fourth-order valence-corrected chi connectivity index (χ4v) is 2.29. The average Bonchev–Trinajstić information content (AvgIpc) is 2.14. The largest absolute Gasteiger partial charge is 0.449 e. The van der Waals surface area contributed by atoms with Gasteiger partial charge in [-0.05, 0) is 52.4 Å². The minimum absolute atomic E-state index is 0.182. The summed E-state index contributed by atoms with van der Waals surface area (Å²) in [6.45, 7) is 7.05. The molecule has 16 heavy (non-hydrogen) atoms. The van der Waals surface area contributed by atoms with E-state index in [4.69, 9.17) is 10.5 Å². The molecule has 4 nitrogen and oxygen atoms in total. The van der Waals surface area contributed by atoms with Gasteiger partial charge in [0.15, 0.2) is 0 Å². The van der Waals surface area contributed by atoms with Crippen LogP contribution in [0.4, 0.5) is 4.79 Å². The van der Waals surface area contributed by atoms with Gasteiger partial charge in [-0.2, -0.15) is 0 Å². The standard InChI is InChI=1S/C12H24N2O2/c1-12(2,3)14-10-6-4-9(5-7-10)8-16-11(13)15/h9-10,14H,4-8H2,1-3H3,(H2,13,15). The number of carbonyl (C=O) groups is 1. The van der Waals surface area contributed by atoms with E-state index in [0.717, 1.165) is 25.7 Å². The number of amides is 1. The zero-order valence-corrected chi connectivity index (χ0v) is 10.6. The van der Waals surface area contributed by atoms with E-state index in [1.54, 1.807) is 0 Å². The lowest BCUT2D eigenvalue weighted by atomic mass is 9.85. The Kier molecular flexibility index (Phi) is 4.59. The maximum absolute atomic E-state index is 10.5. The van der Waals surface area contributed by atoms with Crippen molar-refractivity contribution in [2.45, 2.75) is 58.0 Å². The van der Waals surface area contributed by atoms with Gasteiger partial charge in [0.25, 0.3) is 0 Å². The average molecular weight is 228 g/mol. The van der Waals surface area contributed by atoms with Crippen molar-refractivity contribution >= 4 is 6.09 Å². The summed E-state index contributed by atoms with van der Waals surface area (Å²) in [6.07, 6.45) is 3.88. The highest BCUT2D eigenvalue weighted by Gasteiger charge is 2.24. The van der Waals surface area contributed by atoms with Crippen molar-refractivity contribution in [3.8, 4) is 0 Å². The highest BCUT2D eigenvalue weighted by Crippen LogP contribution is 2.25. The molecule has 0 atom stereocenters. The number of carbonyl (C=O) groups excluding carboxylic acids is 1. The summed E-state index contributed by atoms with van der Waals surface area (Å²) in [6, 6.07) is 0.602. The number of primary amides is 1. The number of ether oxygens (including phenoxy) is 1. The van der Waals surface area contributed by atoms with Crippen molar-refractivity contribution in [1.29, 1.82) is 0 Å². The molecule has 1 rings (SSSR count). The van der Waals surface area contributed by atoms with Gasteiger partial charge in [-0.15, -0.1) is 0 Å². The molecule has 0 spiro atoms. The van der Waals surface area contributed by atoms with Crippen LogP contribution in [0.25, 0.3) is 0 Å². The summed E-state index contributed by atoms with van der Waals surface area (Å²) in [5.41, 5.74) is 5.13. The highest BCUT2D eigenvalue weighted by atomic mass is 16.5. The van der Waals surface area contributed by atoms with Crippen molar-refractivity contribution in [1.82, 2.24) is 5.32 Å². The van der Waals surface area contributed by atoms with E-state index >= 15 is 0 Å². The molecule has 0 aliphatic heterocycles. The van der Waals surface area contributed by atoms with Crippen molar-refractivity contribution in [2.75, 3.05) is 6.61 Å². The lowest BCUT2D eigenvalue weighted by Crippen LogP contribution is -2.45. The molecular formula is C12H24N2O2. The van der Waals surface area contributed by atoms with Crippen LogP contribution in [-0.2, 0) is 4.74 Å². The molecule has 0 bridgehead atoms. The Hall–Kier alpha value is -0.770. The Labute approximate surface area is 97.9 Å². The molecule has 1 saturated carbocycles. The Bertz CT molecular complexity index is 228. The first-order valence-corrected chi connectivity index (χ1v) is 6.07. The fraction of sp³-hybridized carbons (Fsp3) is 0.917. The third kappa shape index (κ3) is 5.35. The molecule has 0 saturated heterocycles. The number of nitrogens with one attached hydrogen (secondary N) is 1. The maximum atomic E-state index is 10.5. The van der Waals surface area contributed by atoms with Gasteiger partial charge in [0.2, 0.25) is 0 Å². The summed E-state index contributed by atoms with van der Waals surface area (Å²) in [7, 11) is 0. The van der Waals surface area contributed by atoms with Crippen LogP contribution in [-0.4, -0.2) is 24.3 Å². The first-order chi connectivity index (χ1) is 7.37. The van der Waals surface area contributed by atoms with Crippen molar-refractivity contribution in [2.24, 2.45) is 11.7 Å². The van der Waals surface area contributed by atoms with Crippen LogP contribution in [0, 0.1) is 5.92 Å². The second kappa shape index (κ2) is 5.53. The van der Waals surface area contributed by atoms with E-state index in [1.165, 1.54) is 0 Å². The molecule has 0 unspecified atom stereocenters. The second-order valence-electron chi connectivity index (χ2n) is 5.74. The first-order valence-electron chi connectivity index (χ1n) is 6.07. The van der Waals surface area contributed by atoms with Gasteiger partial charge < -0.3 is 15.8 Å². The molecule has 0 aromatic heterocycles. The van der Waals surface area contributed by atoms with Crippen molar-refractivity contribution in [3.05, 3.63) is 0 Å². The molecule has 1 fully saturated rings. The summed E-state index contributed by atoms with van der Waals surface area (Å²) < 4.78 is 4.84. The molecule has 0 aromatic rings. The quantitative estimate of drug-likeness (QED) is 0.776. The van der Waals surface area contributed by atoms with Gasteiger partial charge in [-0.3, -0.25) is 0 Å². The molecule has 1 amide bonds. The van der Waals surface area contributed by atoms with E-state index in [1.807, 2.05) is 0 Å². The number of nitrogens with two attached hydrogens (primary N) is 1. The van der Waals surface area contributed by atoms with Crippen molar-refractivity contribution < 1.29 is 9.53 Å². The van der Waals surface area contributed by atoms with Gasteiger partial charge in [0.1, 0.15) is 0 Å². The molecule has 0 aromatic carbocycles. The van der Waals surface area contributed by atoms with Crippen LogP contribution in [0.15, 0.2) is 0 Å². The first kappa shape index (κ1) is 13.3. The molecule has 1 aliphatic carbocycles.